The Morgan fingerprint density at radius 3 is 2.62 bits per heavy atom. The molecule has 0 aliphatic carbocycles. The maximum atomic E-state index is 8.88. The molecule has 0 heterocycles. The van der Waals surface area contributed by atoms with Crippen molar-refractivity contribution in [2.24, 2.45) is 0 Å². The molecule has 0 saturated heterocycles. The lowest BCUT2D eigenvalue weighted by Gasteiger charge is -2.18. The van der Waals surface area contributed by atoms with Crippen LogP contribution in [0.2, 0.25) is 10.0 Å². The minimum Gasteiger partial charge on any atom is -0.395 e. The summed E-state index contributed by atoms with van der Waals surface area (Å²) in [5.41, 5.74) is 1.03. The van der Waals surface area contributed by atoms with Crippen molar-refractivity contribution in [1.82, 2.24) is 4.90 Å². The van der Waals surface area contributed by atoms with Gasteiger partial charge in [0.05, 0.1) is 23.2 Å². The third-order valence-corrected chi connectivity index (χ3v) is 2.86. The van der Waals surface area contributed by atoms with Crippen LogP contribution in [0.5, 0.6) is 0 Å². The Hall–Kier alpha value is -0.720. The van der Waals surface area contributed by atoms with Crippen molar-refractivity contribution >= 4 is 23.2 Å². The zero-order valence-electron chi connectivity index (χ0n) is 8.79. The lowest BCUT2D eigenvalue weighted by Crippen LogP contribution is -2.26. The van der Waals surface area contributed by atoms with Crippen LogP contribution in [-0.2, 0) is 6.54 Å². The van der Waals surface area contributed by atoms with Gasteiger partial charge in [-0.1, -0.05) is 35.2 Å². The molecule has 0 fully saturated rings. The predicted octanol–water partition coefficient (Wildman–Crippen LogP) is 2.42. The summed E-state index contributed by atoms with van der Waals surface area (Å²) in [5, 5.41) is 9.95. The number of terminal acetylenes is 1. The van der Waals surface area contributed by atoms with Crippen LogP contribution in [0.1, 0.15) is 5.56 Å². The van der Waals surface area contributed by atoms with Crippen LogP contribution < -0.4 is 0 Å². The summed E-state index contributed by atoms with van der Waals surface area (Å²) in [6.07, 6.45) is 5.25. The summed E-state index contributed by atoms with van der Waals surface area (Å²) < 4.78 is 0. The summed E-state index contributed by atoms with van der Waals surface area (Å²) in [4.78, 5) is 1.96. The fourth-order valence-corrected chi connectivity index (χ4v) is 1.70. The number of nitrogens with zero attached hydrogens (tertiary/aromatic N) is 1. The molecule has 0 aromatic heterocycles. The second-order valence-corrected chi connectivity index (χ2v) is 4.20. The summed E-state index contributed by atoms with van der Waals surface area (Å²) >= 11 is 11.7. The molecule has 86 valence electrons. The molecule has 4 heteroatoms. The van der Waals surface area contributed by atoms with Gasteiger partial charge in [-0.3, -0.25) is 4.90 Å². The topological polar surface area (TPSA) is 23.5 Å². The van der Waals surface area contributed by atoms with Gasteiger partial charge in [-0.25, -0.2) is 0 Å². The van der Waals surface area contributed by atoms with E-state index in [4.69, 9.17) is 34.7 Å². The van der Waals surface area contributed by atoms with Gasteiger partial charge in [0.25, 0.3) is 0 Å². The van der Waals surface area contributed by atoms with Crippen molar-refractivity contribution in [1.29, 1.82) is 0 Å². The van der Waals surface area contributed by atoms with Crippen molar-refractivity contribution in [3.05, 3.63) is 33.8 Å². The van der Waals surface area contributed by atoms with E-state index >= 15 is 0 Å². The lowest BCUT2D eigenvalue weighted by atomic mass is 10.2. The Morgan fingerprint density at radius 2 is 2.06 bits per heavy atom. The smallest absolute Gasteiger partial charge is 0.0602 e. The second kappa shape index (κ2) is 6.78. The molecule has 0 radical (unpaired) electrons. The molecular formula is C12H13Cl2NO. The zero-order valence-corrected chi connectivity index (χ0v) is 10.3. The molecule has 0 atom stereocenters. The highest BCUT2D eigenvalue weighted by Crippen LogP contribution is 2.23. The number of benzene rings is 1. The fourth-order valence-electron chi connectivity index (χ4n) is 1.38. The molecule has 1 N–H and O–H groups in total. The van der Waals surface area contributed by atoms with Gasteiger partial charge in [0.15, 0.2) is 0 Å². The first-order valence-corrected chi connectivity index (χ1v) is 5.63. The summed E-state index contributed by atoms with van der Waals surface area (Å²) in [7, 11) is 0. The first kappa shape index (κ1) is 13.3. The van der Waals surface area contributed by atoms with Crippen molar-refractivity contribution < 1.29 is 5.11 Å². The molecule has 0 aliphatic rings. The summed E-state index contributed by atoms with van der Waals surface area (Å²) in [6, 6.07) is 5.46. The van der Waals surface area contributed by atoms with Gasteiger partial charge < -0.3 is 5.11 Å². The van der Waals surface area contributed by atoms with E-state index in [-0.39, 0.29) is 6.61 Å². The number of hydrogen-bond acceptors (Lipinski definition) is 2. The zero-order chi connectivity index (χ0) is 12.0. The summed E-state index contributed by atoms with van der Waals surface area (Å²) in [5.74, 6) is 2.55. The molecule has 1 aromatic carbocycles. The van der Waals surface area contributed by atoms with Crippen LogP contribution in [-0.4, -0.2) is 29.7 Å². The molecular weight excluding hydrogens is 245 g/mol. The third kappa shape index (κ3) is 4.03. The minimum atomic E-state index is 0.0863. The first-order valence-electron chi connectivity index (χ1n) is 4.88. The van der Waals surface area contributed by atoms with E-state index in [9.17, 15) is 0 Å². The van der Waals surface area contributed by atoms with Crippen LogP contribution in [0.3, 0.4) is 0 Å². The Bertz CT molecular complexity index is 387. The Balaban J connectivity index is 2.69. The largest absolute Gasteiger partial charge is 0.395 e. The van der Waals surface area contributed by atoms with Crippen LogP contribution in [0, 0.1) is 12.3 Å². The first-order chi connectivity index (χ1) is 7.67. The average molecular weight is 258 g/mol. The standard InChI is InChI=1S/C12H13Cl2NO/c1-2-5-15(6-7-16)9-10-3-4-11(13)12(14)8-10/h1,3-4,8,16H,5-7,9H2. The molecule has 0 unspecified atom stereocenters. The van der Waals surface area contributed by atoms with Gasteiger partial charge in [-0.2, -0.15) is 0 Å². The van der Waals surface area contributed by atoms with Gasteiger partial charge in [0.1, 0.15) is 0 Å². The van der Waals surface area contributed by atoms with Crippen LogP contribution in [0.25, 0.3) is 0 Å². The van der Waals surface area contributed by atoms with Gasteiger partial charge in [-0.15, -0.1) is 6.42 Å². The van der Waals surface area contributed by atoms with Gasteiger partial charge in [0, 0.05) is 13.1 Å². The van der Waals surface area contributed by atoms with E-state index in [2.05, 4.69) is 5.92 Å². The highest BCUT2D eigenvalue weighted by Gasteiger charge is 2.05. The molecule has 2 nitrogen and oxygen atoms in total. The maximum absolute atomic E-state index is 8.88. The van der Waals surface area contributed by atoms with Gasteiger partial charge >= 0.3 is 0 Å². The highest BCUT2D eigenvalue weighted by atomic mass is 35.5. The molecule has 0 spiro atoms. The molecule has 0 saturated carbocycles. The third-order valence-electron chi connectivity index (χ3n) is 2.12. The molecule has 0 amide bonds. The summed E-state index contributed by atoms with van der Waals surface area (Å²) in [6.45, 7) is 1.79. The molecule has 0 aliphatic heterocycles. The Morgan fingerprint density at radius 1 is 1.31 bits per heavy atom. The minimum absolute atomic E-state index is 0.0863. The van der Waals surface area contributed by atoms with E-state index in [0.29, 0.717) is 29.7 Å². The number of rotatable bonds is 5. The van der Waals surface area contributed by atoms with Gasteiger partial charge in [0.2, 0.25) is 0 Å². The van der Waals surface area contributed by atoms with E-state index in [0.717, 1.165) is 5.56 Å². The molecule has 16 heavy (non-hydrogen) atoms. The van der Waals surface area contributed by atoms with Crippen LogP contribution in [0.4, 0.5) is 0 Å². The molecule has 0 bridgehead atoms. The average Bonchev–Trinajstić information content (AvgIpc) is 2.24. The molecule has 1 rings (SSSR count). The quantitative estimate of drug-likeness (QED) is 0.820. The Labute approximate surface area is 106 Å². The van der Waals surface area contributed by atoms with Crippen molar-refractivity contribution in [2.75, 3.05) is 19.7 Å². The molecule has 1 aromatic rings. The van der Waals surface area contributed by atoms with Crippen LogP contribution >= 0.6 is 23.2 Å². The Kier molecular flexibility index (Phi) is 5.65. The van der Waals surface area contributed by atoms with E-state index in [1.165, 1.54) is 0 Å². The van der Waals surface area contributed by atoms with Crippen molar-refractivity contribution in [3.8, 4) is 12.3 Å². The van der Waals surface area contributed by atoms with E-state index in [1.807, 2.05) is 17.0 Å². The van der Waals surface area contributed by atoms with E-state index < -0.39 is 0 Å². The van der Waals surface area contributed by atoms with E-state index in [1.54, 1.807) is 6.07 Å². The number of aliphatic hydroxyl groups excluding tert-OH is 1. The van der Waals surface area contributed by atoms with Gasteiger partial charge in [-0.05, 0) is 17.7 Å². The number of aliphatic hydroxyl groups is 1. The predicted molar refractivity (Wildman–Crippen MR) is 67.7 cm³/mol. The number of hydrogen-bond donors (Lipinski definition) is 1. The highest BCUT2D eigenvalue weighted by molar-refractivity contribution is 6.42. The lowest BCUT2D eigenvalue weighted by molar-refractivity contribution is 0.205. The fraction of sp³-hybridized carbons (Fsp3) is 0.333. The SMILES string of the molecule is C#CCN(CCO)Cc1ccc(Cl)c(Cl)c1. The normalized spacial score (nSPS) is 10.4. The number of halogens is 2. The van der Waals surface area contributed by atoms with Crippen molar-refractivity contribution in [2.45, 2.75) is 6.54 Å². The monoisotopic (exact) mass is 257 g/mol. The second-order valence-electron chi connectivity index (χ2n) is 3.39. The van der Waals surface area contributed by atoms with Crippen molar-refractivity contribution in [3.63, 3.8) is 0 Å². The van der Waals surface area contributed by atoms with Crippen LogP contribution in [0.15, 0.2) is 18.2 Å². The maximum Gasteiger partial charge on any atom is 0.0602 e.